The van der Waals surface area contributed by atoms with E-state index in [9.17, 15) is 16.4 Å². The van der Waals surface area contributed by atoms with Crippen molar-refractivity contribution >= 4 is 54.9 Å². The first kappa shape index (κ1) is 10.4. The predicted molar refractivity (Wildman–Crippen MR) is 15.9 cm³/mol. The van der Waals surface area contributed by atoms with Crippen LogP contribution in [0.2, 0.25) is 0 Å². The van der Waals surface area contributed by atoms with Crippen LogP contribution in [-0.4, -0.2) is 54.9 Å². The normalized spacial score (nSPS) is 10.0. The van der Waals surface area contributed by atoms with Gasteiger partial charge in [-0.2, -0.15) is 0 Å². The fourth-order valence-electron chi connectivity index (χ4n) is 0. The van der Waals surface area contributed by atoms with E-state index in [-0.39, 0.29) is 45.5 Å². The molecule has 0 bridgehead atoms. The van der Waals surface area contributed by atoms with Crippen LogP contribution in [0.4, 0.5) is 16.4 Å². The molecule has 0 aliphatic heterocycles. The van der Waals surface area contributed by atoms with Crippen LogP contribution in [0, 0.1) is 0 Å². The van der Waals surface area contributed by atoms with Crippen LogP contribution in [0.15, 0.2) is 0 Å². The Bertz CT molecular complexity index is 23.0. The average molecular weight is 192 g/mol. The first-order valence-electron chi connectivity index (χ1n) is 0.756. The van der Waals surface area contributed by atoms with Gasteiger partial charge in [-0.25, -0.2) is 16.4 Å². The number of rotatable bonds is 0. The van der Waals surface area contributed by atoms with Crippen LogP contribution in [0.3, 0.4) is 0 Å². The van der Waals surface area contributed by atoms with Crippen molar-refractivity contribution in [2.75, 3.05) is 0 Å². The molecule has 0 heterocycles. The van der Waals surface area contributed by atoms with Gasteiger partial charge >= 0.3 is 9.41 Å². The molecule has 0 N–H and O–H groups in total. The van der Waals surface area contributed by atoms with E-state index in [4.69, 9.17) is 0 Å². The zero-order chi connectivity index (χ0) is 4.50. The molecule has 0 aromatic heterocycles. The molecule has 0 unspecified atom stereocenters. The van der Waals surface area contributed by atoms with E-state index in [0.29, 0.717) is 0 Å². The van der Waals surface area contributed by atoms with Crippen molar-refractivity contribution in [2.45, 2.75) is 0 Å². The Morgan fingerprint density at radius 1 is 0.833 bits per heavy atom. The van der Waals surface area contributed by atoms with Gasteiger partial charge in [-0.15, -0.1) is 0 Å². The van der Waals surface area contributed by atoms with Crippen LogP contribution in [0.1, 0.15) is 0 Å². The van der Waals surface area contributed by atoms with E-state index in [2.05, 4.69) is 0 Å². The maximum atomic E-state index is 9.83. The van der Waals surface area contributed by atoms with Gasteiger partial charge in [-0.05, 0) is 0 Å². The van der Waals surface area contributed by atoms with Crippen molar-refractivity contribution in [3.05, 3.63) is 0 Å². The van der Waals surface area contributed by atoms with E-state index in [1.807, 2.05) is 0 Å². The standard InChI is InChI=1S/F4Si.Sr/c1-5(2,3)4;. The molecule has 0 saturated heterocycles. The van der Waals surface area contributed by atoms with Crippen molar-refractivity contribution in [2.24, 2.45) is 0 Å². The molecule has 0 fully saturated rings. The van der Waals surface area contributed by atoms with E-state index >= 15 is 0 Å². The molecule has 0 saturated carbocycles. The third kappa shape index (κ3) is 52.6. The molecule has 0 nitrogen and oxygen atoms in total. The summed E-state index contributed by atoms with van der Waals surface area (Å²) < 4.78 is 39.3. The van der Waals surface area contributed by atoms with Gasteiger partial charge in [0.25, 0.3) is 0 Å². The summed E-state index contributed by atoms with van der Waals surface area (Å²) in [6.45, 7) is 0. The molecule has 0 atom stereocenters. The largest absolute Gasteiger partial charge is 0.844 e. The Balaban J connectivity index is 0. The van der Waals surface area contributed by atoms with E-state index in [1.165, 1.54) is 0 Å². The average Bonchev–Trinajstić information content (AvgIpc) is 0.722. The summed E-state index contributed by atoms with van der Waals surface area (Å²) in [6.07, 6.45) is 0. The van der Waals surface area contributed by atoms with Crippen molar-refractivity contribution < 1.29 is 16.4 Å². The zero-order valence-corrected chi connectivity index (χ0v) is 7.20. The number of hydrogen-bond acceptors (Lipinski definition) is 0. The number of hydrogen-bond donors (Lipinski definition) is 0. The van der Waals surface area contributed by atoms with Gasteiger partial charge in [0.1, 0.15) is 0 Å². The SMILES string of the molecule is F[Si](F)(F)F.[Sr]. The molecule has 2 radical (unpaired) electrons. The number of halogens is 4. The Hall–Kier alpha value is 1.42. The maximum absolute atomic E-state index is 9.83. The van der Waals surface area contributed by atoms with Crippen LogP contribution < -0.4 is 0 Å². The fraction of sp³-hybridized carbons (Fsp3) is 0. The first-order valence-corrected chi connectivity index (χ1v) is 2.27. The van der Waals surface area contributed by atoms with Gasteiger partial charge in [0.05, 0.1) is 0 Å². The summed E-state index contributed by atoms with van der Waals surface area (Å²) in [6, 6.07) is 0. The quantitative estimate of drug-likeness (QED) is 0.304. The molecule has 0 spiro atoms. The third-order valence-electron chi connectivity index (χ3n) is 0. The summed E-state index contributed by atoms with van der Waals surface area (Å²) in [4.78, 5) is 0. The molecule has 0 aromatic rings. The van der Waals surface area contributed by atoms with Crippen LogP contribution in [0.5, 0.6) is 0 Å². The van der Waals surface area contributed by atoms with Crippen molar-refractivity contribution in [1.82, 2.24) is 0 Å². The summed E-state index contributed by atoms with van der Waals surface area (Å²) in [5.74, 6) is 0. The minimum atomic E-state index is -6.61. The zero-order valence-electron chi connectivity index (χ0n) is 2.72. The van der Waals surface area contributed by atoms with Gasteiger partial charge in [0.2, 0.25) is 0 Å². The first-order chi connectivity index (χ1) is 2.00. The Labute approximate surface area is 70.5 Å². The monoisotopic (exact) mass is 192 g/mol. The van der Waals surface area contributed by atoms with Gasteiger partial charge in [-0.3, -0.25) is 0 Å². The Morgan fingerprint density at radius 3 is 0.833 bits per heavy atom. The second-order valence-corrected chi connectivity index (χ2v) is 1.29. The van der Waals surface area contributed by atoms with Gasteiger partial charge in [0, 0.05) is 45.5 Å². The van der Waals surface area contributed by atoms with Crippen molar-refractivity contribution in [3.63, 3.8) is 0 Å². The molecule has 0 aromatic carbocycles. The van der Waals surface area contributed by atoms with E-state index < -0.39 is 9.41 Å². The van der Waals surface area contributed by atoms with Crippen LogP contribution >= 0.6 is 0 Å². The molecular formula is F4SiSr. The van der Waals surface area contributed by atoms with Crippen LogP contribution in [0.25, 0.3) is 0 Å². The summed E-state index contributed by atoms with van der Waals surface area (Å²) in [7, 11) is -6.61. The fourth-order valence-corrected chi connectivity index (χ4v) is 0. The van der Waals surface area contributed by atoms with E-state index in [1.54, 1.807) is 0 Å². The van der Waals surface area contributed by atoms with Crippen molar-refractivity contribution in [3.8, 4) is 0 Å². The third-order valence-corrected chi connectivity index (χ3v) is 0. The molecule has 6 heavy (non-hydrogen) atoms. The predicted octanol–water partition coefficient (Wildman–Crippen LogP) is 0.919. The van der Waals surface area contributed by atoms with E-state index in [0.717, 1.165) is 0 Å². The molecule has 6 heteroatoms. The molecule has 0 aliphatic carbocycles. The smallest absolute Gasteiger partial charge is 0.211 e. The topological polar surface area (TPSA) is 0 Å². The molecule has 0 amide bonds. The van der Waals surface area contributed by atoms with Gasteiger partial charge in [-0.1, -0.05) is 0 Å². The summed E-state index contributed by atoms with van der Waals surface area (Å²) in [5.41, 5.74) is 0. The Morgan fingerprint density at radius 2 is 0.833 bits per heavy atom. The summed E-state index contributed by atoms with van der Waals surface area (Å²) in [5, 5.41) is 0. The second-order valence-electron chi connectivity index (χ2n) is 0.429. The minimum absolute atomic E-state index is 0. The van der Waals surface area contributed by atoms with Crippen molar-refractivity contribution in [1.29, 1.82) is 0 Å². The minimum Gasteiger partial charge on any atom is -0.211 e. The van der Waals surface area contributed by atoms with Gasteiger partial charge < -0.3 is 0 Å². The summed E-state index contributed by atoms with van der Waals surface area (Å²) >= 11 is 0. The molecule has 0 rings (SSSR count). The maximum Gasteiger partial charge on any atom is 0.844 e. The van der Waals surface area contributed by atoms with Gasteiger partial charge in [0.15, 0.2) is 0 Å². The van der Waals surface area contributed by atoms with Crippen LogP contribution in [-0.2, 0) is 0 Å². The molecule has 34 valence electrons. The second kappa shape index (κ2) is 3.42. The molecular weight excluding hydrogens is 192 g/mol. The molecule has 0 aliphatic rings. The Kier molecular flexibility index (Phi) is 5.94.